The van der Waals surface area contributed by atoms with Gasteiger partial charge in [-0.2, -0.15) is 0 Å². The van der Waals surface area contributed by atoms with E-state index in [0.717, 1.165) is 25.7 Å². The topological polar surface area (TPSA) is 49.8 Å². The molecule has 2 unspecified atom stereocenters. The lowest BCUT2D eigenvalue weighted by molar-refractivity contribution is -0.161. The van der Waals surface area contributed by atoms with Crippen molar-refractivity contribution in [1.29, 1.82) is 0 Å². The number of nitrogens with zero attached hydrogens (tertiary/aromatic N) is 1. The number of esters is 1. The summed E-state index contributed by atoms with van der Waals surface area (Å²) in [5, 5.41) is 9.63. The van der Waals surface area contributed by atoms with E-state index >= 15 is 0 Å². The van der Waals surface area contributed by atoms with Crippen LogP contribution >= 0.6 is 0 Å². The standard InChI is InChI=1S/C17H29NO3/c1-18-13-7-8-14(18)10-15(9-13)21-17(20)16(11-19)12-5-3-2-4-6-12/h12-16,19H,2-11H2,1H3/t13-,14+,15?,16?. The molecule has 3 aliphatic rings. The molecule has 2 heterocycles. The number of rotatable bonds is 4. The first-order chi connectivity index (χ1) is 10.2. The largest absolute Gasteiger partial charge is 0.462 e. The van der Waals surface area contributed by atoms with Crippen LogP contribution in [0.1, 0.15) is 57.8 Å². The van der Waals surface area contributed by atoms with Crippen molar-refractivity contribution in [3.05, 3.63) is 0 Å². The molecule has 0 spiro atoms. The summed E-state index contributed by atoms with van der Waals surface area (Å²) in [4.78, 5) is 14.9. The highest BCUT2D eigenvalue weighted by Crippen LogP contribution is 2.36. The molecule has 0 amide bonds. The molecule has 0 radical (unpaired) electrons. The third-order valence-corrected chi connectivity index (χ3v) is 6.06. The minimum Gasteiger partial charge on any atom is -0.462 e. The van der Waals surface area contributed by atoms with Gasteiger partial charge in [0, 0.05) is 12.1 Å². The van der Waals surface area contributed by atoms with Crippen LogP contribution in [0.4, 0.5) is 0 Å². The second-order valence-corrected chi connectivity index (χ2v) is 7.27. The van der Waals surface area contributed by atoms with E-state index in [9.17, 15) is 9.90 Å². The summed E-state index contributed by atoms with van der Waals surface area (Å²) in [6.45, 7) is -0.0526. The van der Waals surface area contributed by atoms with Gasteiger partial charge < -0.3 is 14.7 Å². The fourth-order valence-electron chi connectivity index (χ4n) is 4.66. The van der Waals surface area contributed by atoms with Crippen molar-refractivity contribution in [3.8, 4) is 0 Å². The van der Waals surface area contributed by atoms with Crippen molar-refractivity contribution in [2.75, 3.05) is 13.7 Å². The van der Waals surface area contributed by atoms with Gasteiger partial charge in [0.15, 0.2) is 0 Å². The van der Waals surface area contributed by atoms with E-state index in [1.807, 2.05) is 0 Å². The lowest BCUT2D eigenvalue weighted by Crippen LogP contribution is -2.44. The second kappa shape index (κ2) is 6.66. The van der Waals surface area contributed by atoms with Crippen molar-refractivity contribution in [2.45, 2.75) is 76.0 Å². The first-order valence-electron chi connectivity index (χ1n) is 8.72. The Morgan fingerprint density at radius 3 is 2.33 bits per heavy atom. The third kappa shape index (κ3) is 3.26. The molecule has 1 aliphatic carbocycles. The normalized spacial score (nSPS) is 35.6. The van der Waals surface area contributed by atoms with Gasteiger partial charge in [-0.05, 0) is 51.5 Å². The number of hydrogen-bond donors (Lipinski definition) is 1. The van der Waals surface area contributed by atoms with Gasteiger partial charge >= 0.3 is 5.97 Å². The molecule has 2 bridgehead atoms. The highest BCUT2D eigenvalue weighted by Gasteiger charge is 2.41. The Morgan fingerprint density at radius 2 is 1.76 bits per heavy atom. The zero-order valence-corrected chi connectivity index (χ0v) is 13.2. The molecule has 4 atom stereocenters. The summed E-state index contributed by atoms with van der Waals surface area (Å²) in [5.41, 5.74) is 0. The van der Waals surface area contributed by atoms with Crippen molar-refractivity contribution in [3.63, 3.8) is 0 Å². The zero-order chi connectivity index (χ0) is 14.8. The Kier molecular flexibility index (Phi) is 4.85. The summed E-state index contributed by atoms with van der Waals surface area (Å²) < 4.78 is 5.80. The zero-order valence-electron chi connectivity index (χ0n) is 13.2. The van der Waals surface area contributed by atoms with Crippen LogP contribution in [0.5, 0.6) is 0 Å². The SMILES string of the molecule is CN1[C@@H]2CC[C@H]1CC(OC(=O)C(CO)C1CCCCC1)C2. The number of piperidine rings is 1. The van der Waals surface area contributed by atoms with Crippen LogP contribution < -0.4 is 0 Å². The molecule has 4 nitrogen and oxygen atoms in total. The Bertz CT molecular complexity index is 353. The van der Waals surface area contributed by atoms with Crippen LogP contribution in [0.15, 0.2) is 0 Å². The van der Waals surface area contributed by atoms with E-state index in [2.05, 4.69) is 11.9 Å². The van der Waals surface area contributed by atoms with Gasteiger partial charge in [0.25, 0.3) is 0 Å². The molecule has 120 valence electrons. The van der Waals surface area contributed by atoms with E-state index in [-0.39, 0.29) is 24.6 Å². The molecule has 1 saturated carbocycles. The van der Waals surface area contributed by atoms with Crippen molar-refractivity contribution in [2.24, 2.45) is 11.8 Å². The van der Waals surface area contributed by atoms with Crippen molar-refractivity contribution >= 4 is 5.97 Å². The number of fused-ring (bicyclic) bond motifs is 2. The van der Waals surface area contributed by atoms with Gasteiger partial charge in [0.05, 0.1) is 12.5 Å². The van der Waals surface area contributed by atoms with E-state index in [4.69, 9.17) is 4.74 Å². The number of aliphatic hydroxyl groups is 1. The molecular formula is C17H29NO3. The molecule has 0 aromatic rings. The van der Waals surface area contributed by atoms with Crippen LogP contribution in [0.3, 0.4) is 0 Å². The van der Waals surface area contributed by atoms with Crippen molar-refractivity contribution < 1.29 is 14.6 Å². The van der Waals surface area contributed by atoms with Crippen LogP contribution in [0, 0.1) is 11.8 Å². The maximum Gasteiger partial charge on any atom is 0.311 e. The molecule has 1 N–H and O–H groups in total. The minimum atomic E-state index is -0.289. The number of hydrogen-bond acceptors (Lipinski definition) is 4. The van der Waals surface area contributed by atoms with Gasteiger partial charge in [-0.3, -0.25) is 4.79 Å². The molecular weight excluding hydrogens is 266 g/mol. The van der Waals surface area contributed by atoms with Gasteiger partial charge in [0.1, 0.15) is 6.10 Å². The van der Waals surface area contributed by atoms with Gasteiger partial charge in [0.2, 0.25) is 0 Å². The van der Waals surface area contributed by atoms with Crippen LogP contribution in [0.25, 0.3) is 0 Å². The van der Waals surface area contributed by atoms with Gasteiger partial charge in [-0.1, -0.05) is 19.3 Å². The molecule has 0 aromatic heterocycles. The molecule has 0 aromatic carbocycles. The fraction of sp³-hybridized carbons (Fsp3) is 0.941. The Balaban J connectivity index is 1.55. The number of ether oxygens (including phenoxy) is 1. The van der Waals surface area contributed by atoms with Crippen LogP contribution in [-0.4, -0.2) is 47.8 Å². The lowest BCUT2D eigenvalue weighted by Gasteiger charge is -2.37. The second-order valence-electron chi connectivity index (χ2n) is 7.27. The highest BCUT2D eigenvalue weighted by atomic mass is 16.5. The quantitative estimate of drug-likeness (QED) is 0.809. The number of aliphatic hydroxyl groups excluding tert-OH is 1. The molecule has 4 heteroatoms. The Hall–Kier alpha value is -0.610. The predicted molar refractivity (Wildman–Crippen MR) is 80.8 cm³/mol. The first-order valence-corrected chi connectivity index (χ1v) is 8.72. The van der Waals surface area contributed by atoms with Crippen molar-refractivity contribution in [1.82, 2.24) is 4.90 Å². The molecule has 2 aliphatic heterocycles. The average molecular weight is 295 g/mol. The average Bonchev–Trinajstić information content (AvgIpc) is 2.72. The maximum atomic E-state index is 12.5. The smallest absolute Gasteiger partial charge is 0.311 e. The van der Waals surface area contributed by atoms with E-state index in [1.54, 1.807) is 0 Å². The molecule has 21 heavy (non-hydrogen) atoms. The lowest BCUT2D eigenvalue weighted by atomic mass is 9.80. The number of carbonyl (C=O) groups is 1. The molecule has 3 fully saturated rings. The van der Waals surface area contributed by atoms with E-state index in [0.29, 0.717) is 18.0 Å². The monoisotopic (exact) mass is 295 g/mol. The van der Waals surface area contributed by atoms with Gasteiger partial charge in [-0.25, -0.2) is 0 Å². The summed E-state index contributed by atoms with van der Waals surface area (Å²) in [5.74, 6) is -0.0970. The first kappa shape index (κ1) is 15.3. The van der Waals surface area contributed by atoms with Gasteiger partial charge in [-0.15, -0.1) is 0 Å². The van der Waals surface area contributed by atoms with Crippen LogP contribution in [-0.2, 0) is 9.53 Å². The molecule has 3 rings (SSSR count). The number of carbonyl (C=O) groups excluding carboxylic acids is 1. The molecule has 2 saturated heterocycles. The predicted octanol–water partition coefficient (Wildman–Crippen LogP) is 2.34. The van der Waals surface area contributed by atoms with E-state index in [1.165, 1.54) is 32.1 Å². The summed E-state index contributed by atoms with van der Waals surface area (Å²) in [7, 11) is 2.19. The Morgan fingerprint density at radius 1 is 1.14 bits per heavy atom. The van der Waals surface area contributed by atoms with E-state index < -0.39 is 0 Å². The minimum absolute atomic E-state index is 0.0526. The van der Waals surface area contributed by atoms with Crippen LogP contribution in [0.2, 0.25) is 0 Å². The Labute approximate surface area is 127 Å². The maximum absolute atomic E-state index is 12.5. The third-order valence-electron chi connectivity index (χ3n) is 6.06. The summed E-state index contributed by atoms with van der Waals surface area (Å²) in [6.07, 6.45) is 10.3. The summed E-state index contributed by atoms with van der Waals surface area (Å²) in [6, 6.07) is 1.17. The summed E-state index contributed by atoms with van der Waals surface area (Å²) >= 11 is 0. The fourth-order valence-corrected chi connectivity index (χ4v) is 4.66. The highest BCUT2D eigenvalue weighted by molar-refractivity contribution is 5.73.